The van der Waals surface area contributed by atoms with Crippen molar-refractivity contribution in [3.8, 4) is 0 Å². The highest BCUT2D eigenvalue weighted by atomic mass is 32.2. The van der Waals surface area contributed by atoms with Gasteiger partial charge in [0.1, 0.15) is 18.3 Å². The first-order valence-electron chi connectivity index (χ1n) is 12.1. The number of ether oxygens (including phenoxy) is 4. The van der Waals surface area contributed by atoms with Gasteiger partial charge in [-0.05, 0) is 35.7 Å². The van der Waals surface area contributed by atoms with Crippen molar-refractivity contribution in [1.29, 1.82) is 0 Å². The second-order valence-corrected chi connectivity index (χ2v) is 9.50. The SMILES string of the molecule is CCSOC1O[C@@H](C)[C@@H](OCc2ccccc2)[C@@H](OCc2ccccc2)[C@@H]1OCc1ccccc1. The molecule has 3 aromatic rings. The maximum Gasteiger partial charge on any atom is 0.199 e. The lowest BCUT2D eigenvalue weighted by atomic mass is 9.98. The molecule has 1 aliphatic heterocycles. The molecule has 4 rings (SSSR count). The molecule has 1 unspecified atom stereocenters. The molecular weight excluding hydrogens is 460 g/mol. The lowest BCUT2D eigenvalue weighted by molar-refractivity contribution is -0.298. The molecule has 186 valence electrons. The van der Waals surface area contributed by atoms with E-state index in [1.54, 1.807) is 0 Å². The summed E-state index contributed by atoms with van der Waals surface area (Å²) < 4.78 is 31.7. The molecule has 35 heavy (non-hydrogen) atoms. The van der Waals surface area contributed by atoms with Crippen LogP contribution in [-0.2, 0) is 43.0 Å². The van der Waals surface area contributed by atoms with Crippen molar-refractivity contribution in [2.75, 3.05) is 5.75 Å². The van der Waals surface area contributed by atoms with Gasteiger partial charge in [-0.3, -0.25) is 4.18 Å². The summed E-state index contributed by atoms with van der Waals surface area (Å²) in [5.74, 6) is 0.809. The highest BCUT2D eigenvalue weighted by Crippen LogP contribution is 2.32. The molecule has 1 fully saturated rings. The molecule has 0 N–H and O–H groups in total. The normalized spacial score (nSPS) is 24.3. The average molecular weight is 495 g/mol. The van der Waals surface area contributed by atoms with Crippen molar-refractivity contribution >= 4 is 12.0 Å². The van der Waals surface area contributed by atoms with Gasteiger partial charge in [0, 0.05) is 5.75 Å². The zero-order valence-corrected chi connectivity index (χ0v) is 21.1. The smallest absolute Gasteiger partial charge is 0.199 e. The van der Waals surface area contributed by atoms with Gasteiger partial charge >= 0.3 is 0 Å². The zero-order chi connectivity index (χ0) is 24.3. The molecule has 0 aromatic heterocycles. The van der Waals surface area contributed by atoms with Gasteiger partial charge in [0.15, 0.2) is 6.29 Å². The quantitative estimate of drug-likeness (QED) is 0.281. The third kappa shape index (κ3) is 7.64. The van der Waals surface area contributed by atoms with Crippen LogP contribution in [0.3, 0.4) is 0 Å². The monoisotopic (exact) mass is 494 g/mol. The summed E-state index contributed by atoms with van der Waals surface area (Å²) in [6.07, 6.45) is -1.98. The predicted molar refractivity (Wildman–Crippen MR) is 139 cm³/mol. The molecule has 3 aromatic carbocycles. The summed E-state index contributed by atoms with van der Waals surface area (Å²) in [7, 11) is 0. The Hall–Kier alpha value is -2.19. The van der Waals surface area contributed by atoms with Crippen LogP contribution < -0.4 is 0 Å². The van der Waals surface area contributed by atoms with Crippen LogP contribution >= 0.6 is 12.0 Å². The lowest BCUT2D eigenvalue weighted by Crippen LogP contribution is -2.59. The van der Waals surface area contributed by atoms with Crippen molar-refractivity contribution in [2.24, 2.45) is 0 Å². The third-order valence-electron chi connectivity index (χ3n) is 5.86. The third-order valence-corrected chi connectivity index (χ3v) is 6.43. The van der Waals surface area contributed by atoms with Gasteiger partial charge in [-0.25, -0.2) is 0 Å². The maximum absolute atomic E-state index is 6.53. The van der Waals surface area contributed by atoms with Crippen LogP contribution in [0.2, 0.25) is 0 Å². The Morgan fingerprint density at radius 3 is 1.51 bits per heavy atom. The fourth-order valence-corrected chi connectivity index (χ4v) is 4.51. The van der Waals surface area contributed by atoms with Crippen molar-refractivity contribution in [3.63, 3.8) is 0 Å². The molecule has 0 bridgehead atoms. The molecule has 0 saturated carbocycles. The van der Waals surface area contributed by atoms with Gasteiger partial charge in [-0.2, -0.15) is 0 Å². The zero-order valence-electron chi connectivity index (χ0n) is 20.3. The van der Waals surface area contributed by atoms with Gasteiger partial charge in [0.05, 0.1) is 25.9 Å². The number of benzene rings is 3. The van der Waals surface area contributed by atoms with Crippen LogP contribution in [0, 0.1) is 0 Å². The van der Waals surface area contributed by atoms with Crippen LogP contribution in [0.4, 0.5) is 0 Å². The molecule has 1 saturated heterocycles. The molecule has 5 nitrogen and oxygen atoms in total. The van der Waals surface area contributed by atoms with E-state index < -0.39 is 12.4 Å². The second kappa shape index (κ2) is 13.8. The molecule has 6 heteroatoms. The first kappa shape index (κ1) is 25.9. The van der Waals surface area contributed by atoms with Crippen molar-refractivity contribution in [3.05, 3.63) is 108 Å². The van der Waals surface area contributed by atoms with Crippen LogP contribution in [0.15, 0.2) is 91.0 Å². The molecule has 0 radical (unpaired) electrons. The largest absolute Gasteiger partial charge is 0.368 e. The Bertz CT molecular complexity index is 972. The fourth-order valence-electron chi connectivity index (χ4n) is 4.08. The molecule has 1 aliphatic rings. The van der Waals surface area contributed by atoms with E-state index in [2.05, 4.69) is 24.3 Å². The maximum atomic E-state index is 6.53. The van der Waals surface area contributed by atoms with E-state index in [-0.39, 0.29) is 18.3 Å². The topological polar surface area (TPSA) is 46.2 Å². The number of hydrogen-bond acceptors (Lipinski definition) is 6. The van der Waals surface area contributed by atoms with Crippen LogP contribution in [-0.4, -0.2) is 36.5 Å². The van der Waals surface area contributed by atoms with E-state index in [4.69, 9.17) is 23.1 Å². The van der Waals surface area contributed by atoms with E-state index in [1.165, 1.54) is 12.0 Å². The van der Waals surface area contributed by atoms with E-state index in [0.717, 1.165) is 22.4 Å². The van der Waals surface area contributed by atoms with Gasteiger partial charge in [0.2, 0.25) is 0 Å². The molecule has 5 atom stereocenters. The highest BCUT2D eigenvalue weighted by molar-refractivity contribution is 7.94. The first-order chi connectivity index (χ1) is 17.2. The minimum absolute atomic E-state index is 0.237. The minimum Gasteiger partial charge on any atom is -0.368 e. The molecule has 0 amide bonds. The summed E-state index contributed by atoms with van der Waals surface area (Å²) >= 11 is 1.37. The second-order valence-electron chi connectivity index (χ2n) is 8.50. The van der Waals surface area contributed by atoms with Crippen molar-refractivity contribution in [1.82, 2.24) is 0 Å². The Kier molecular flexibility index (Phi) is 10.2. The molecular formula is C29H34O5S. The van der Waals surface area contributed by atoms with Gasteiger partial charge in [-0.15, -0.1) is 0 Å². The van der Waals surface area contributed by atoms with Crippen LogP contribution in [0.25, 0.3) is 0 Å². The van der Waals surface area contributed by atoms with Crippen molar-refractivity contribution in [2.45, 2.75) is 64.4 Å². The van der Waals surface area contributed by atoms with Crippen LogP contribution in [0.5, 0.6) is 0 Å². The van der Waals surface area contributed by atoms with E-state index in [1.807, 2.05) is 80.6 Å². The summed E-state index contributed by atoms with van der Waals surface area (Å²) in [5, 5.41) is 0. The standard InChI is InChI=1S/C29H34O5S/c1-3-35-34-29-28(32-21-25-17-11-6-12-18-25)27(31-20-24-15-9-5-10-16-24)26(22(2)33-29)30-19-23-13-7-4-8-14-23/h4-18,22,26-29H,3,19-21H2,1-2H3/t22-,26+,27+,28-,29?/m0/s1. The fraction of sp³-hybridized carbons (Fsp3) is 0.379. The average Bonchev–Trinajstić information content (AvgIpc) is 2.91. The lowest BCUT2D eigenvalue weighted by Gasteiger charge is -2.44. The molecule has 0 aliphatic carbocycles. The summed E-state index contributed by atoms with van der Waals surface area (Å²) in [6.45, 7) is 5.39. The Morgan fingerprint density at radius 1 is 0.629 bits per heavy atom. The Balaban J connectivity index is 1.55. The minimum atomic E-state index is -0.573. The highest BCUT2D eigenvalue weighted by Gasteiger charge is 2.47. The summed E-state index contributed by atoms with van der Waals surface area (Å²) in [4.78, 5) is 0. The van der Waals surface area contributed by atoms with Gasteiger partial charge in [0.25, 0.3) is 0 Å². The van der Waals surface area contributed by atoms with E-state index >= 15 is 0 Å². The van der Waals surface area contributed by atoms with Gasteiger partial charge in [-0.1, -0.05) is 97.9 Å². The Morgan fingerprint density at radius 2 is 1.06 bits per heavy atom. The summed E-state index contributed by atoms with van der Waals surface area (Å²) in [5.41, 5.74) is 3.27. The van der Waals surface area contributed by atoms with Gasteiger partial charge < -0.3 is 18.9 Å². The van der Waals surface area contributed by atoms with E-state index in [9.17, 15) is 0 Å². The summed E-state index contributed by atoms with van der Waals surface area (Å²) in [6, 6.07) is 30.4. The van der Waals surface area contributed by atoms with E-state index in [0.29, 0.717) is 19.8 Å². The molecule has 0 spiro atoms. The number of hydrogen-bond donors (Lipinski definition) is 0. The Labute approximate surface area is 212 Å². The van der Waals surface area contributed by atoms with Crippen molar-refractivity contribution < 1.29 is 23.1 Å². The number of rotatable bonds is 12. The van der Waals surface area contributed by atoms with Crippen LogP contribution in [0.1, 0.15) is 30.5 Å². The first-order valence-corrected chi connectivity index (χ1v) is 13.1. The molecule has 1 heterocycles. The predicted octanol–water partition coefficient (Wildman–Crippen LogP) is 6.17.